The third kappa shape index (κ3) is 6.56. The van der Waals surface area contributed by atoms with Gasteiger partial charge >= 0.3 is 0 Å². The minimum absolute atomic E-state index is 0.110. The van der Waals surface area contributed by atoms with Crippen molar-refractivity contribution in [3.63, 3.8) is 0 Å². The van der Waals surface area contributed by atoms with Gasteiger partial charge in [-0.25, -0.2) is 4.21 Å². The lowest BCUT2D eigenvalue weighted by Gasteiger charge is -2.22. The van der Waals surface area contributed by atoms with Gasteiger partial charge in [-0.3, -0.25) is 13.7 Å². The summed E-state index contributed by atoms with van der Waals surface area (Å²) in [5.74, 6) is 0.441. The first kappa shape index (κ1) is 24.6. The molecule has 0 aromatic heterocycles. The van der Waals surface area contributed by atoms with Crippen molar-refractivity contribution in [1.82, 2.24) is 5.32 Å². The second-order valence-electron chi connectivity index (χ2n) is 8.92. The van der Waals surface area contributed by atoms with Crippen LogP contribution in [0.1, 0.15) is 53.6 Å². The molecule has 1 amide bonds. The number of anilines is 1. The second kappa shape index (κ2) is 11.8. The van der Waals surface area contributed by atoms with Crippen LogP contribution in [0.2, 0.25) is 0 Å². The molecule has 1 unspecified atom stereocenters. The van der Waals surface area contributed by atoms with Crippen LogP contribution in [0, 0.1) is 17.2 Å². The molecule has 0 heterocycles. The fraction of sp³-hybridized carbons (Fsp3) is 0.286. The van der Waals surface area contributed by atoms with Gasteiger partial charge < -0.3 is 5.32 Å². The number of rotatable bonds is 8. The lowest BCUT2D eigenvalue weighted by molar-refractivity contribution is 0.0943. The van der Waals surface area contributed by atoms with E-state index < -0.39 is 11.3 Å². The van der Waals surface area contributed by atoms with Crippen molar-refractivity contribution < 1.29 is 13.6 Å². The van der Waals surface area contributed by atoms with Gasteiger partial charge in [0, 0.05) is 12.1 Å². The molecule has 35 heavy (non-hydrogen) atoms. The molecular formula is C28H29N3O3S. The lowest BCUT2D eigenvalue weighted by atomic mass is 9.89. The van der Waals surface area contributed by atoms with Gasteiger partial charge in [0.1, 0.15) is 0 Å². The first-order valence-electron chi connectivity index (χ1n) is 11.9. The summed E-state index contributed by atoms with van der Waals surface area (Å²) in [5.41, 5.74) is 4.41. The minimum atomic E-state index is -2.24. The number of carbonyl (C=O) groups excluding carboxylic acids is 1. The van der Waals surface area contributed by atoms with Crippen molar-refractivity contribution in [2.24, 2.45) is 5.92 Å². The van der Waals surface area contributed by atoms with Gasteiger partial charge in [0.05, 0.1) is 23.9 Å². The molecule has 3 aromatic rings. The number of nitrogens with zero attached hydrogens (tertiary/aromatic N) is 2. The van der Waals surface area contributed by atoms with Crippen LogP contribution in [0.4, 0.5) is 5.69 Å². The molecule has 0 spiro atoms. The highest BCUT2D eigenvalue weighted by molar-refractivity contribution is 7.80. The summed E-state index contributed by atoms with van der Waals surface area (Å²) in [4.78, 5) is 12.7. The first-order valence-corrected chi connectivity index (χ1v) is 13.0. The van der Waals surface area contributed by atoms with E-state index in [1.165, 1.54) is 36.4 Å². The average molecular weight is 488 g/mol. The highest BCUT2D eigenvalue weighted by Crippen LogP contribution is 2.26. The van der Waals surface area contributed by atoms with Crippen molar-refractivity contribution in [3.8, 4) is 17.2 Å². The molecule has 1 saturated carbocycles. The Morgan fingerprint density at radius 1 is 1.00 bits per heavy atom. The third-order valence-electron chi connectivity index (χ3n) is 6.48. The van der Waals surface area contributed by atoms with E-state index in [9.17, 15) is 13.6 Å². The van der Waals surface area contributed by atoms with E-state index in [0.29, 0.717) is 29.3 Å². The summed E-state index contributed by atoms with van der Waals surface area (Å²) in [7, 11) is 0. The summed E-state index contributed by atoms with van der Waals surface area (Å²) in [6.07, 6.45) is 6.09. The van der Waals surface area contributed by atoms with Crippen LogP contribution in [0.15, 0.2) is 72.8 Å². The quantitative estimate of drug-likeness (QED) is 0.400. The zero-order valence-electron chi connectivity index (χ0n) is 19.5. The molecular weight excluding hydrogens is 458 g/mol. The van der Waals surface area contributed by atoms with Crippen molar-refractivity contribution in [2.75, 3.05) is 10.8 Å². The zero-order valence-corrected chi connectivity index (χ0v) is 20.3. The first-order chi connectivity index (χ1) is 17.0. The lowest BCUT2D eigenvalue weighted by Crippen LogP contribution is -2.30. The van der Waals surface area contributed by atoms with Gasteiger partial charge in [-0.05, 0) is 71.8 Å². The van der Waals surface area contributed by atoms with Crippen LogP contribution in [0.5, 0.6) is 0 Å². The monoisotopic (exact) mass is 487 g/mol. The predicted molar refractivity (Wildman–Crippen MR) is 139 cm³/mol. The molecule has 1 fully saturated rings. The smallest absolute Gasteiger partial charge is 0.262 e. The summed E-state index contributed by atoms with van der Waals surface area (Å²) in [6.45, 7) is 0.879. The fourth-order valence-corrected chi connectivity index (χ4v) is 5.06. The second-order valence-corrected chi connectivity index (χ2v) is 9.82. The van der Waals surface area contributed by atoms with Crippen molar-refractivity contribution in [2.45, 2.75) is 38.6 Å². The maximum absolute atomic E-state index is 12.7. The van der Waals surface area contributed by atoms with Crippen molar-refractivity contribution >= 4 is 22.9 Å². The fourth-order valence-electron chi connectivity index (χ4n) is 4.50. The molecule has 0 saturated heterocycles. The number of nitriles is 1. The topological polar surface area (TPSA) is 93.4 Å². The maximum Gasteiger partial charge on any atom is 0.262 e. The molecule has 1 aliphatic carbocycles. The Labute approximate surface area is 209 Å². The van der Waals surface area contributed by atoms with Crippen molar-refractivity contribution in [3.05, 3.63) is 89.5 Å². The van der Waals surface area contributed by atoms with Crippen LogP contribution in [-0.4, -0.2) is 21.2 Å². The van der Waals surface area contributed by atoms with Gasteiger partial charge in [-0.2, -0.15) is 5.26 Å². The molecule has 180 valence electrons. The average Bonchev–Trinajstić information content (AvgIpc) is 2.91. The SMILES string of the molecule is N#Cc1ccc(-c2ccc(N(Cc3cccc(C(=O)NCC4CCCCC4)c3)S(=O)O)cc2)cc1. The molecule has 0 aliphatic heterocycles. The molecule has 1 aliphatic rings. The Balaban J connectivity index is 1.44. The van der Waals surface area contributed by atoms with E-state index >= 15 is 0 Å². The summed E-state index contributed by atoms with van der Waals surface area (Å²) < 4.78 is 23.5. The van der Waals surface area contributed by atoms with Crippen LogP contribution < -0.4 is 9.62 Å². The van der Waals surface area contributed by atoms with Crippen LogP contribution >= 0.6 is 0 Å². The van der Waals surface area contributed by atoms with E-state index in [0.717, 1.165) is 16.7 Å². The summed E-state index contributed by atoms with van der Waals surface area (Å²) in [6, 6.07) is 23.9. The van der Waals surface area contributed by atoms with E-state index in [1.807, 2.05) is 30.3 Å². The molecule has 6 nitrogen and oxygen atoms in total. The zero-order chi connectivity index (χ0) is 24.6. The molecule has 3 aromatic carbocycles. The summed E-state index contributed by atoms with van der Waals surface area (Å²) in [5, 5.41) is 12.0. The Morgan fingerprint density at radius 3 is 2.29 bits per heavy atom. The number of benzene rings is 3. The summed E-state index contributed by atoms with van der Waals surface area (Å²) >= 11 is -2.24. The number of nitrogens with one attached hydrogen (secondary N) is 1. The predicted octanol–water partition coefficient (Wildman–Crippen LogP) is 5.68. The van der Waals surface area contributed by atoms with Gasteiger partial charge in [-0.1, -0.05) is 55.7 Å². The molecule has 2 N–H and O–H groups in total. The number of hydrogen-bond donors (Lipinski definition) is 2. The van der Waals surface area contributed by atoms with Crippen molar-refractivity contribution in [1.29, 1.82) is 5.26 Å². The Morgan fingerprint density at radius 2 is 1.66 bits per heavy atom. The van der Waals surface area contributed by atoms with Gasteiger partial charge in [0.2, 0.25) is 0 Å². The number of amides is 1. The molecule has 4 rings (SSSR count). The highest BCUT2D eigenvalue weighted by Gasteiger charge is 2.17. The molecule has 0 radical (unpaired) electrons. The van der Waals surface area contributed by atoms with Gasteiger partial charge in [0.25, 0.3) is 17.2 Å². The van der Waals surface area contributed by atoms with Crippen LogP contribution in [-0.2, 0) is 17.8 Å². The van der Waals surface area contributed by atoms with Crippen LogP contribution in [0.25, 0.3) is 11.1 Å². The molecule has 7 heteroatoms. The van der Waals surface area contributed by atoms with E-state index in [2.05, 4.69) is 11.4 Å². The molecule has 1 atom stereocenters. The number of carbonyl (C=O) groups is 1. The minimum Gasteiger partial charge on any atom is -0.352 e. The van der Waals surface area contributed by atoms with Crippen LogP contribution in [0.3, 0.4) is 0 Å². The number of hydrogen-bond acceptors (Lipinski definition) is 3. The van der Waals surface area contributed by atoms with E-state index in [4.69, 9.17) is 5.26 Å². The maximum atomic E-state index is 12.7. The standard InChI is InChI=1S/C28H29N3O3S/c29-18-21-9-11-24(12-10-21)25-13-15-27(16-14-25)31(35(33)34)20-23-7-4-8-26(17-23)28(32)30-19-22-5-2-1-3-6-22/h4,7-17,22H,1-3,5-6,19-20H2,(H,30,32)(H,33,34). The Hall–Kier alpha value is -3.47. The van der Waals surface area contributed by atoms with Gasteiger partial charge in [-0.15, -0.1) is 0 Å². The highest BCUT2D eigenvalue weighted by atomic mass is 32.2. The van der Waals surface area contributed by atoms with E-state index in [-0.39, 0.29) is 12.5 Å². The largest absolute Gasteiger partial charge is 0.352 e. The normalized spacial score (nSPS) is 14.6. The Kier molecular flexibility index (Phi) is 8.30. The van der Waals surface area contributed by atoms with Gasteiger partial charge in [0.15, 0.2) is 0 Å². The van der Waals surface area contributed by atoms with E-state index in [1.54, 1.807) is 42.5 Å². The molecule has 0 bridgehead atoms. The Bertz CT molecular complexity index is 1210. The third-order valence-corrected chi connectivity index (χ3v) is 7.20.